The molecule has 0 radical (unpaired) electrons. The van der Waals surface area contributed by atoms with Crippen molar-refractivity contribution >= 4 is 15.9 Å². The lowest BCUT2D eigenvalue weighted by Gasteiger charge is -2.13. The van der Waals surface area contributed by atoms with Gasteiger partial charge in [-0.3, -0.25) is 4.98 Å². The normalized spacial score (nSPS) is 10.2. The highest BCUT2D eigenvalue weighted by Crippen LogP contribution is 2.35. The summed E-state index contributed by atoms with van der Waals surface area (Å²) in [4.78, 5) is 3.86. The fourth-order valence-electron chi connectivity index (χ4n) is 1.37. The third-order valence-corrected chi connectivity index (χ3v) is 2.64. The highest BCUT2D eigenvalue weighted by molar-refractivity contribution is 9.08. The molecule has 1 rings (SSSR count). The number of rotatable bonds is 4. The van der Waals surface area contributed by atoms with Gasteiger partial charge in [0, 0.05) is 17.1 Å². The number of pyridine rings is 1. The molecule has 0 amide bonds. The molecule has 0 spiro atoms. The van der Waals surface area contributed by atoms with Crippen LogP contribution in [0.3, 0.4) is 0 Å². The molecule has 86 valence electrons. The van der Waals surface area contributed by atoms with E-state index in [1.54, 1.807) is 6.07 Å². The van der Waals surface area contributed by atoms with Gasteiger partial charge in [0.15, 0.2) is 0 Å². The van der Waals surface area contributed by atoms with Crippen molar-refractivity contribution in [1.29, 1.82) is 5.26 Å². The van der Waals surface area contributed by atoms with Gasteiger partial charge in [-0.15, -0.1) is 0 Å². The zero-order valence-electron chi connectivity index (χ0n) is 8.51. The van der Waals surface area contributed by atoms with E-state index in [0.29, 0.717) is 10.9 Å². The van der Waals surface area contributed by atoms with E-state index in [2.05, 4.69) is 20.9 Å². The molecule has 1 aromatic heterocycles. The lowest BCUT2D eigenvalue weighted by molar-refractivity contribution is 0.145. The molecule has 0 atom stereocenters. The molecule has 3 nitrogen and oxygen atoms in total. The number of aromatic nitrogens is 1. The van der Waals surface area contributed by atoms with Gasteiger partial charge in [-0.05, 0) is 0 Å². The molecule has 6 heteroatoms. The lowest BCUT2D eigenvalue weighted by atomic mass is 10.1. The highest BCUT2D eigenvalue weighted by atomic mass is 79.9. The summed E-state index contributed by atoms with van der Waals surface area (Å²) < 4.78 is 30.7. The molecule has 0 aliphatic carbocycles. The van der Waals surface area contributed by atoms with E-state index < -0.39 is 6.43 Å². The minimum absolute atomic E-state index is 0.0686. The molecule has 0 fully saturated rings. The first-order valence-electron chi connectivity index (χ1n) is 4.41. The Bertz CT molecular complexity index is 418. The number of ether oxygens (including phenoxy) is 1. The topological polar surface area (TPSA) is 45.9 Å². The molecule has 0 bridgehead atoms. The van der Waals surface area contributed by atoms with Crippen LogP contribution in [-0.4, -0.2) is 12.1 Å². The van der Waals surface area contributed by atoms with Gasteiger partial charge in [0.25, 0.3) is 6.43 Å². The van der Waals surface area contributed by atoms with Crippen molar-refractivity contribution in [1.82, 2.24) is 4.98 Å². The molecular weight excluding hydrogens is 282 g/mol. The molecular formula is C10H9BrF2N2O. The highest BCUT2D eigenvalue weighted by Gasteiger charge is 2.22. The molecule has 0 N–H and O–H groups in total. The van der Waals surface area contributed by atoms with Crippen molar-refractivity contribution in [3.05, 3.63) is 23.0 Å². The average Bonchev–Trinajstić information content (AvgIpc) is 2.28. The van der Waals surface area contributed by atoms with E-state index in [4.69, 9.17) is 10.00 Å². The van der Waals surface area contributed by atoms with Crippen molar-refractivity contribution in [3.8, 4) is 11.8 Å². The molecule has 0 aromatic carbocycles. The monoisotopic (exact) mass is 290 g/mol. The van der Waals surface area contributed by atoms with Crippen LogP contribution in [-0.2, 0) is 11.8 Å². The molecule has 0 aliphatic heterocycles. The second-order valence-electron chi connectivity index (χ2n) is 2.95. The van der Waals surface area contributed by atoms with E-state index >= 15 is 0 Å². The van der Waals surface area contributed by atoms with Gasteiger partial charge in [-0.2, -0.15) is 5.26 Å². The predicted octanol–water partition coefficient (Wildman–Crippen LogP) is 2.99. The molecule has 0 unspecified atom stereocenters. The van der Waals surface area contributed by atoms with Gasteiger partial charge in [0.1, 0.15) is 5.75 Å². The van der Waals surface area contributed by atoms with E-state index in [9.17, 15) is 8.78 Å². The molecule has 16 heavy (non-hydrogen) atoms. The number of halogens is 3. The van der Waals surface area contributed by atoms with E-state index in [-0.39, 0.29) is 23.4 Å². The summed E-state index contributed by atoms with van der Waals surface area (Å²) in [5, 5.41) is 8.90. The van der Waals surface area contributed by atoms with E-state index in [0.717, 1.165) is 0 Å². The zero-order chi connectivity index (χ0) is 12.1. The summed E-state index contributed by atoms with van der Waals surface area (Å²) in [7, 11) is 1.32. The van der Waals surface area contributed by atoms with E-state index in [1.165, 1.54) is 13.3 Å². The van der Waals surface area contributed by atoms with Gasteiger partial charge in [0.2, 0.25) is 0 Å². The number of hydrogen-bond donors (Lipinski definition) is 0. The Labute approximate surface area is 100 Å². The van der Waals surface area contributed by atoms with Crippen LogP contribution in [0, 0.1) is 11.3 Å². The lowest BCUT2D eigenvalue weighted by Crippen LogP contribution is -2.04. The van der Waals surface area contributed by atoms with Crippen molar-refractivity contribution < 1.29 is 13.5 Å². The maximum absolute atomic E-state index is 12.9. The summed E-state index contributed by atoms with van der Waals surface area (Å²) in [6.07, 6.45) is -1.42. The molecule has 1 aromatic rings. The first kappa shape index (κ1) is 12.8. The Kier molecular flexibility index (Phi) is 4.62. The first-order chi connectivity index (χ1) is 7.65. The number of hydrogen-bond acceptors (Lipinski definition) is 3. The van der Waals surface area contributed by atoms with Crippen LogP contribution in [0.5, 0.6) is 5.75 Å². The summed E-state index contributed by atoms with van der Waals surface area (Å²) >= 11 is 3.17. The summed E-state index contributed by atoms with van der Waals surface area (Å²) in [5.74, 6) is 0.104. The third-order valence-electron chi connectivity index (χ3n) is 2.04. The number of nitrogens with zero attached hydrogens (tertiary/aromatic N) is 2. The van der Waals surface area contributed by atoms with Gasteiger partial charge in [-0.25, -0.2) is 8.78 Å². The third kappa shape index (κ3) is 2.47. The Morgan fingerprint density at radius 3 is 2.75 bits per heavy atom. The second kappa shape index (κ2) is 5.75. The minimum Gasteiger partial charge on any atom is -0.496 e. The van der Waals surface area contributed by atoms with Crippen LogP contribution in [0.2, 0.25) is 0 Å². The quantitative estimate of drug-likeness (QED) is 0.801. The predicted molar refractivity (Wildman–Crippen MR) is 57.7 cm³/mol. The maximum atomic E-state index is 12.9. The smallest absolute Gasteiger partial charge is 0.269 e. The van der Waals surface area contributed by atoms with Gasteiger partial charge in [-0.1, -0.05) is 15.9 Å². The standard InChI is InChI=1S/C10H9BrF2N2O/c1-16-9-6(4-11)5-15-7(2-3-14)8(9)10(12)13/h5,10H,2,4H2,1H3. The second-order valence-corrected chi connectivity index (χ2v) is 3.51. The molecule has 0 saturated heterocycles. The van der Waals surface area contributed by atoms with Crippen molar-refractivity contribution in [2.45, 2.75) is 18.2 Å². The SMILES string of the molecule is COc1c(CBr)cnc(CC#N)c1C(F)F. The fourth-order valence-corrected chi connectivity index (χ4v) is 1.76. The molecule has 0 aliphatic rings. The Balaban J connectivity index is 3.39. The zero-order valence-corrected chi connectivity index (χ0v) is 10.1. The van der Waals surface area contributed by atoms with Crippen LogP contribution in [0.25, 0.3) is 0 Å². The van der Waals surface area contributed by atoms with Crippen molar-refractivity contribution in [2.24, 2.45) is 0 Å². The summed E-state index contributed by atoms with van der Waals surface area (Å²) in [6.45, 7) is 0. The Hall–Kier alpha value is -1.22. The minimum atomic E-state index is -2.70. The number of methoxy groups -OCH3 is 1. The number of nitriles is 1. The van der Waals surface area contributed by atoms with Crippen LogP contribution in [0.15, 0.2) is 6.20 Å². The van der Waals surface area contributed by atoms with Crippen LogP contribution < -0.4 is 4.74 Å². The fraction of sp³-hybridized carbons (Fsp3) is 0.400. The van der Waals surface area contributed by atoms with Crippen LogP contribution >= 0.6 is 15.9 Å². The number of alkyl halides is 3. The Morgan fingerprint density at radius 2 is 2.31 bits per heavy atom. The Morgan fingerprint density at radius 1 is 1.62 bits per heavy atom. The molecule has 1 heterocycles. The van der Waals surface area contributed by atoms with E-state index in [1.807, 2.05) is 0 Å². The van der Waals surface area contributed by atoms with Gasteiger partial charge >= 0.3 is 0 Å². The van der Waals surface area contributed by atoms with Gasteiger partial charge < -0.3 is 4.74 Å². The first-order valence-corrected chi connectivity index (χ1v) is 5.53. The average molecular weight is 291 g/mol. The summed E-state index contributed by atoms with van der Waals surface area (Å²) in [6, 6.07) is 1.80. The maximum Gasteiger partial charge on any atom is 0.269 e. The van der Waals surface area contributed by atoms with Crippen LogP contribution in [0.1, 0.15) is 23.2 Å². The van der Waals surface area contributed by atoms with Gasteiger partial charge in [0.05, 0.1) is 30.9 Å². The van der Waals surface area contributed by atoms with Crippen LogP contribution in [0.4, 0.5) is 8.78 Å². The summed E-state index contributed by atoms with van der Waals surface area (Å²) in [5.41, 5.74) is 0.319. The molecule has 0 saturated carbocycles. The van der Waals surface area contributed by atoms with Crippen molar-refractivity contribution in [2.75, 3.05) is 7.11 Å². The largest absolute Gasteiger partial charge is 0.496 e. The van der Waals surface area contributed by atoms with Crippen molar-refractivity contribution in [3.63, 3.8) is 0 Å².